The normalized spacial score (nSPS) is 10.7. The van der Waals surface area contributed by atoms with Crippen LogP contribution in [0.5, 0.6) is 5.75 Å². The number of hydrogen-bond acceptors (Lipinski definition) is 9. The molecular formula is C25H24N6O6S. The third-order valence-electron chi connectivity index (χ3n) is 5.22. The van der Waals surface area contributed by atoms with Gasteiger partial charge in [0.15, 0.2) is 5.16 Å². The summed E-state index contributed by atoms with van der Waals surface area (Å²) in [6.45, 7) is 1.92. The first-order valence-corrected chi connectivity index (χ1v) is 12.5. The molecular weight excluding hydrogens is 512 g/mol. The first-order chi connectivity index (χ1) is 18.4. The van der Waals surface area contributed by atoms with Crippen LogP contribution in [0.3, 0.4) is 0 Å². The molecule has 0 spiro atoms. The Hall–Kier alpha value is -4.65. The number of aromatic nitrogens is 5. The van der Waals surface area contributed by atoms with Gasteiger partial charge in [-0.3, -0.25) is 19.1 Å². The number of nitrogens with zero attached hydrogens (tertiary/aromatic N) is 3. The maximum absolute atomic E-state index is 12.8. The molecule has 0 unspecified atom stereocenters. The first-order valence-electron chi connectivity index (χ1n) is 11.5. The molecule has 2 aromatic heterocycles. The van der Waals surface area contributed by atoms with Crippen molar-refractivity contribution in [2.24, 2.45) is 0 Å². The summed E-state index contributed by atoms with van der Waals surface area (Å²) in [5.74, 6) is 0.158. The molecule has 0 saturated heterocycles. The Morgan fingerprint density at radius 1 is 1.05 bits per heavy atom. The Morgan fingerprint density at radius 3 is 2.53 bits per heavy atom. The summed E-state index contributed by atoms with van der Waals surface area (Å²) < 4.78 is 12.0. The minimum absolute atomic E-state index is 0.0344. The van der Waals surface area contributed by atoms with E-state index in [-0.39, 0.29) is 30.3 Å². The maximum Gasteiger partial charge on any atom is 0.340 e. The van der Waals surface area contributed by atoms with Crippen molar-refractivity contribution in [2.75, 3.05) is 24.8 Å². The van der Waals surface area contributed by atoms with Crippen molar-refractivity contribution in [1.29, 1.82) is 0 Å². The van der Waals surface area contributed by atoms with Gasteiger partial charge in [0, 0.05) is 23.9 Å². The molecule has 0 fully saturated rings. The van der Waals surface area contributed by atoms with E-state index in [9.17, 15) is 19.2 Å². The number of amides is 1. The van der Waals surface area contributed by atoms with Crippen LogP contribution in [-0.4, -0.2) is 56.1 Å². The van der Waals surface area contributed by atoms with Gasteiger partial charge in [-0.15, -0.1) is 10.2 Å². The van der Waals surface area contributed by atoms with Crippen molar-refractivity contribution in [3.05, 3.63) is 92.5 Å². The number of methoxy groups -OCH3 is 1. The molecule has 0 aliphatic heterocycles. The van der Waals surface area contributed by atoms with Crippen LogP contribution in [0.2, 0.25) is 0 Å². The molecule has 2 heterocycles. The average molecular weight is 537 g/mol. The van der Waals surface area contributed by atoms with E-state index in [1.54, 1.807) is 67.1 Å². The Bertz CT molecular complexity index is 1530. The highest BCUT2D eigenvalue weighted by Gasteiger charge is 2.19. The lowest BCUT2D eigenvalue weighted by molar-refractivity contribution is -0.113. The molecule has 0 aliphatic carbocycles. The monoisotopic (exact) mass is 536 g/mol. The van der Waals surface area contributed by atoms with Crippen molar-refractivity contribution in [3.63, 3.8) is 0 Å². The fourth-order valence-electron chi connectivity index (χ4n) is 3.58. The Kier molecular flexibility index (Phi) is 8.38. The molecule has 3 N–H and O–H groups in total. The van der Waals surface area contributed by atoms with Crippen LogP contribution in [0, 0.1) is 0 Å². The molecule has 0 aliphatic rings. The van der Waals surface area contributed by atoms with Gasteiger partial charge in [0.2, 0.25) is 5.91 Å². The number of esters is 1. The minimum Gasteiger partial charge on any atom is -0.497 e. The SMILES string of the molecule is CCOC(=O)c1ccccc1NC(=O)CSc1nnc(Cc2cc(=O)[nH]c(=O)[nH]2)n1-c1ccc(OC)cc1. The summed E-state index contributed by atoms with van der Waals surface area (Å²) in [7, 11) is 1.56. The molecule has 0 radical (unpaired) electrons. The number of H-pyrrole nitrogens is 2. The van der Waals surface area contributed by atoms with E-state index >= 15 is 0 Å². The third kappa shape index (κ3) is 6.37. The van der Waals surface area contributed by atoms with Gasteiger partial charge in [-0.2, -0.15) is 0 Å². The van der Waals surface area contributed by atoms with Gasteiger partial charge < -0.3 is 19.8 Å². The van der Waals surface area contributed by atoms with Crippen LogP contribution in [-0.2, 0) is 16.0 Å². The highest BCUT2D eigenvalue weighted by Crippen LogP contribution is 2.25. The molecule has 13 heteroatoms. The predicted molar refractivity (Wildman–Crippen MR) is 140 cm³/mol. The second-order valence-corrected chi connectivity index (χ2v) is 8.77. The molecule has 12 nitrogen and oxygen atoms in total. The fourth-order valence-corrected chi connectivity index (χ4v) is 4.35. The first kappa shape index (κ1) is 26.4. The van der Waals surface area contributed by atoms with Crippen molar-refractivity contribution >= 4 is 29.3 Å². The van der Waals surface area contributed by atoms with E-state index in [1.807, 2.05) is 0 Å². The zero-order valence-electron chi connectivity index (χ0n) is 20.5. The number of carbonyl (C=O) groups excluding carboxylic acids is 2. The number of aromatic amines is 2. The highest BCUT2D eigenvalue weighted by molar-refractivity contribution is 7.99. The topological polar surface area (TPSA) is 161 Å². The van der Waals surface area contributed by atoms with Gasteiger partial charge >= 0.3 is 11.7 Å². The molecule has 2 aromatic carbocycles. The van der Waals surface area contributed by atoms with Crippen LogP contribution < -0.4 is 21.3 Å². The number of benzene rings is 2. The summed E-state index contributed by atoms with van der Waals surface area (Å²) >= 11 is 1.13. The van der Waals surface area contributed by atoms with E-state index in [2.05, 4.69) is 25.5 Å². The van der Waals surface area contributed by atoms with Gasteiger partial charge in [-0.05, 0) is 43.3 Å². The average Bonchev–Trinajstić information content (AvgIpc) is 3.29. The van der Waals surface area contributed by atoms with Crippen LogP contribution in [0.15, 0.2) is 69.3 Å². The Morgan fingerprint density at radius 2 is 1.82 bits per heavy atom. The van der Waals surface area contributed by atoms with E-state index in [0.717, 1.165) is 11.8 Å². The summed E-state index contributed by atoms with van der Waals surface area (Å²) in [4.78, 5) is 53.2. The number of thioether (sulfide) groups is 1. The second-order valence-electron chi connectivity index (χ2n) is 7.82. The number of carbonyl (C=O) groups is 2. The van der Waals surface area contributed by atoms with Gasteiger partial charge in [0.1, 0.15) is 11.6 Å². The van der Waals surface area contributed by atoms with Gasteiger partial charge in [-0.25, -0.2) is 9.59 Å². The zero-order valence-corrected chi connectivity index (χ0v) is 21.3. The Balaban J connectivity index is 1.58. The number of anilines is 1. The van der Waals surface area contributed by atoms with Crippen LogP contribution in [0.25, 0.3) is 5.69 Å². The van der Waals surface area contributed by atoms with E-state index in [1.165, 1.54) is 6.07 Å². The Labute approximate surface area is 220 Å². The van der Waals surface area contributed by atoms with Crippen molar-refractivity contribution in [3.8, 4) is 11.4 Å². The summed E-state index contributed by atoms with van der Waals surface area (Å²) in [5, 5.41) is 11.6. The summed E-state index contributed by atoms with van der Waals surface area (Å²) in [6, 6.07) is 15.0. The van der Waals surface area contributed by atoms with Crippen LogP contribution >= 0.6 is 11.8 Å². The van der Waals surface area contributed by atoms with Gasteiger partial charge in [0.05, 0.1) is 30.7 Å². The largest absolute Gasteiger partial charge is 0.497 e. The quantitative estimate of drug-likeness (QED) is 0.204. The zero-order chi connectivity index (χ0) is 27.1. The number of para-hydroxylation sites is 1. The number of nitrogens with one attached hydrogen (secondary N) is 3. The van der Waals surface area contributed by atoms with E-state index < -0.39 is 17.2 Å². The molecule has 1 amide bonds. The fraction of sp³-hybridized carbons (Fsp3) is 0.200. The maximum atomic E-state index is 12.8. The number of hydrogen-bond donors (Lipinski definition) is 3. The highest BCUT2D eigenvalue weighted by atomic mass is 32.2. The van der Waals surface area contributed by atoms with E-state index in [4.69, 9.17) is 9.47 Å². The minimum atomic E-state index is -0.627. The third-order valence-corrected chi connectivity index (χ3v) is 6.15. The lowest BCUT2D eigenvalue weighted by atomic mass is 10.2. The smallest absolute Gasteiger partial charge is 0.340 e. The lowest BCUT2D eigenvalue weighted by Gasteiger charge is -2.12. The lowest BCUT2D eigenvalue weighted by Crippen LogP contribution is -2.23. The van der Waals surface area contributed by atoms with Crippen molar-refractivity contribution in [1.82, 2.24) is 24.7 Å². The standard InChI is InChI=1S/C25H24N6O6S/c1-3-37-23(34)18-6-4-5-7-19(18)27-22(33)14-38-25-30-29-20(12-15-13-21(32)28-24(35)26-15)31(25)16-8-10-17(36-2)11-9-16/h4-11,13H,3,12,14H2,1-2H3,(H,27,33)(H2,26,28,32,35). The molecule has 196 valence electrons. The van der Waals surface area contributed by atoms with Gasteiger partial charge in [0.25, 0.3) is 5.56 Å². The second kappa shape index (κ2) is 12.1. The molecule has 0 saturated carbocycles. The summed E-state index contributed by atoms with van der Waals surface area (Å²) in [6.07, 6.45) is 0.109. The molecule has 4 aromatic rings. The van der Waals surface area contributed by atoms with Crippen LogP contribution in [0.1, 0.15) is 28.8 Å². The van der Waals surface area contributed by atoms with E-state index in [0.29, 0.717) is 33.8 Å². The number of ether oxygens (including phenoxy) is 2. The molecule has 4 rings (SSSR count). The number of rotatable bonds is 10. The van der Waals surface area contributed by atoms with Crippen molar-refractivity contribution < 1.29 is 19.1 Å². The molecule has 0 bridgehead atoms. The van der Waals surface area contributed by atoms with Gasteiger partial charge in [-0.1, -0.05) is 23.9 Å². The summed E-state index contributed by atoms with van der Waals surface area (Å²) in [5.41, 5.74) is 0.473. The predicted octanol–water partition coefficient (Wildman–Crippen LogP) is 2.15. The molecule has 0 atom stereocenters. The molecule has 38 heavy (non-hydrogen) atoms. The van der Waals surface area contributed by atoms with Crippen LogP contribution in [0.4, 0.5) is 5.69 Å². The van der Waals surface area contributed by atoms with Crippen molar-refractivity contribution in [2.45, 2.75) is 18.5 Å².